The zero-order valence-electron chi connectivity index (χ0n) is 14.0. The Bertz CT molecular complexity index is 688. The summed E-state index contributed by atoms with van der Waals surface area (Å²) in [7, 11) is 0. The number of carbonyl (C=O) groups excluding carboxylic acids is 3. The molecule has 0 radical (unpaired) electrons. The molecule has 2 saturated heterocycles. The van der Waals surface area contributed by atoms with Crippen LogP contribution in [0.5, 0.6) is 0 Å². The largest absolute Gasteiger partial charge is 0.378 e. The standard InChI is InChI=1S/C17H20ClN3O4/c1-2-17(12-3-5-13(18)6-4-12)15(23)21(16(24)19-17)11-14(22)20-7-9-25-10-8-20/h3-6H,2,7-11H2,1H3,(H,19,24)/t17-/m0/s1. The van der Waals surface area contributed by atoms with Crippen LogP contribution in [0.3, 0.4) is 0 Å². The van der Waals surface area contributed by atoms with Crippen molar-refractivity contribution in [2.75, 3.05) is 32.8 Å². The number of nitrogens with one attached hydrogen (secondary N) is 1. The van der Waals surface area contributed by atoms with Gasteiger partial charge >= 0.3 is 6.03 Å². The van der Waals surface area contributed by atoms with Gasteiger partial charge in [0.15, 0.2) is 0 Å². The van der Waals surface area contributed by atoms with Crippen molar-refractivity contribution in [2.24, 2.45) is 0 Å². The van der Waals surface area contributed by atoms with E-state index in [2.05, 4.69) is 5.32 Å². The van der Waals surface area contributed by atoms with Crippen LogP contribution >= 0.6 is 11.6 Å². The average Bonchev–Trinajstić information content (AvgIpc) is 2.88. The summed E-state index contributed by atoms with van der Waals surface area (Å²) >= 11 is 5.91. The Balaban J connectivity index is 1.80. The quantitative estimate of drug-likeness (QED) is 0.817. The molecular weight excluding hydrogens is 346 g/mol. The molecule has 0 bridgehead atoms. The zero-order chi connectivity index (χ0) is 18.0. The summed E-state index contributed by atoms with van der Waals surface area (Å²) in [6.07, 6.45) is 0.376. The monoisotopic (exact) mass is 365 g/mol. The third kappa shape index (κ3) is 3.21. The molecule has 0 spiro atoms. The number of amides is 4. The van der Waals surface area contributed by atoms with Crippen molar-refractivity contribution < 1.29 is 19.1 Å². The van der Waals surface area contributed by atoms with E-state index in [4.69, 9.17) is 16.3 Å². The summed E-state index contributed by atoms with van der Waals surface area (Å²) in [6, 6.07) is 6.24. The maximum atomic E-state index is 13.0. The highest BCUT2D eigenvalue weighted by molar-refractivity contribution is 6.30. The number of rotatable bonds is 4. The molecule has 1 aromatic rings. The van der Waals surface area contributed by atoms with Crippen LogP contribution in [-0.2, 0) is 19.9 Å². The second-order valence-electron chi connectivity index (χ2n) is 6.08. The minimum atomic E-state index is -1.16. The van der Waals surface area contributed by atoms with Gasteiger partial charge in [0, 0.05) is 18.1 Å². The minimum absolute atomic E-state index is 0.255. The van der Waals surface area contributed by atoms with Gasteiger partial charge < -0.3 is 15.0 Å². The molecule has 2 heterocycles. The first kappa shape index (κ1) is 17.7. The lowest BCUT2D eigenvalue weighted by Gasteiger charge is -2.29. The molecular formula is C17H20ClN3O4. The van der Waals surface area contributed by atoms with Gasteiger partial charge in [-0.2, -0.15) is 0 Å². The van der Waals surface area contributed by atoms with Gasteiger partial charge in [-0.1, -0.05) is 30.7 Å². The van der Waals surface area contributed by atoms with Crippen LogP contribution < -0.4 is 5.32 Å². The van der Waals surface area contributed by atoms with Crippen LogP contribution in [0, 0.1) is 0 Å². The first-order valence-corrected chi connectivity index (χ1v) is 8.61. The first-order chi connectivity index (χ1) is 12.0. The molecule has 8 heteroatoms. The van der Waals surface area contributed by atoms with Crippen molar-refractivity contribution in [1.82, 2.24) is 15.1 Å². The lowest BCUT2D eigenvalue weighted by Crippen LogP contribution is -2.48. The number of nitrogens with zero attached hydrogens (tertiary/aromatic N) is 2. The van der Waals surface area contributed by atoms with E-state index in [0.29, 0.717) is 43.3 Å². The molecule has 3 rings (SSSR count). The van der Waals surface area contributed by atoms with E-state index in [9.17, 15) is 14.4 Å². The van der Waals surface area contributed by atoms with Gasteiger partial charge in [0.2, 0.25) is 5.91 Å². The number of carbonyl (C=O) groups is 3. The third-order valence-corrected chi connectivity index (χ3v) is 4.95. The van der Waals surface area contributed by atoms with Crippen LogP contribution in [0.15, 0.2) is 24.3 Å². The Morgan fingerprint density at radius 1 is 1.24 bits per heavy atom. The van der Waals surface area contributed by atoms with Crippen molar-refractivity contribution in [1.29, 1.82) is 0 Å². The molecule has 0 aliphatic carbocycles. The van der Waals surface area contributed by atoms with Gasteiger partial charge in [-0.05, 0) is 24.1 Å². The van der Waals surface area contributed by atoms with Crippen LogP contribution in [0.25, 0.3) is 0 Å². The van der Waals surface area contributed by atoms with Crippen LogP contribution in [-0.4, -0.2) is 60.5 Å². The van der Waals surface area contributed by atoms with E-state index in [1.807, 2.05) is 6.92 Å². The van der Waals surface area contributed by atoms with Crippen molar-refractivity contribution in [3.8, 4) is 0 Å². The third-order valence-electron chi connectivity index (χ3n) is 4.70. The maximum absolute atomic E-state index is 13.0. The lowest BCUT2D eigenvalue weighted by molar-refractivity contribution is -0.141. The molecule has 1 atom stereocenters. The number of hydrogen-bond acceptors (Lipinski definition) is 4. The van der Waals surface area contributed by atoms with Gasteiger partial charge in [-0.25, -0.2) is 4.79 Å². The highest BCUT2D eigenvalue weighted by atomic mass is 35.5. The smallest absolute Gasteiger partial charge is 0.325 e. The van der Waals surface area contributed by atoms with Crippen LogP contribution in [0.1, 0.15) is 18.9 Å². The van der Waals surface area contributed by atoms with Crippen LogP contribution in [0.4, 0.5) is 4.79 Å². The number of morpholine rings is 1. The SMILES string of the molecule is CC[C@@]1(c2ccc(Cl)cc2)NC(=O)N(CC(=O)N2CCOCC2)C1=O. The second-order valence-corrected chi connectivity index (χ2v) is 6.52. The van der Waals surface area contributed by atoms with Crippen LogP contribution in [0.2, 0.25) is 5.02 Å². The summed E-state index contributed by atoms with van der Waals surface area (Å²) in [6.45, 7) is 3.43. The fourth-order valence-corrected chi connectivity index (χ4v) is 3.32. The summed E-state index contributed by atoms with van der Waals surface area (Å²) in [5, 5.41) is 3.31. The fourth-order valence-electron chi connectivity index (χ4n) is 3.19. The molecule has 2 aliphatic rings. The molecule has 1 N–H and O–H groups in total. The molecule has 25 heavy (non-hydrogen) atoms. The van der Waals surface area contributed by atoms with E-state index in [1.165, 1.54) is 0 Å². The van der Waals surface area contributed by atoms with Gasteiger partial charge in [-0.3, -0.25) is 14.5 Å². The van der Waals surface area contributed by atoms with E-state index in [-0.39, 0.29) is 12.5 Å². The fraction of sp³-hybridized carbons (Fsp3) is 0.471. The highest BCUT2D eigenvalue weighted by Crippen LogP contribution is 2.33. The molecule has 2 aliphatic heterocycles. The molecule has 4 amide bonds. The number of halogens is 1. The Hall–Kier alpha value is -2.12. The second kappa shape index (κ2) is 7.01. The number of urea groups is 1. The van der Waals surface area contributed by atoms with Gasteiger partial charge in [0.25, 0.3) is 5.91 Å². The maximum Gasteiger partial charge on any atom is 0.325 e. The molecule has 0 saturated carbocycles. The summed E-state index contributed by atoms with van der Waals surface area (Å²) in [4.78, 5) is 40.4. The molecule has 0 unspecified atom stereocenters. The summed E-state index contributed by atoms with van der Waals surface area (Å²) < 4.78 is 5.22. The average molecular weight is 366 g/mol. The predicted octanol–water partition coefficient (Wildman–Crippen LogP) is 1.36. The summed E-state index contributed by atoms with van der Waals surface area (Å²) in [5.41, 5.74) is -0.508. The molecule has 2 fully saturated rings. The topological polar surface area (TPSA) is 79.0 Å². The number of benzene rings is 1. The predicted molar refractivity (Wildman–Crippen MR) is 91.1 cm³/mol. The Morgan fingerprint density at radius 2 is 1.88 bits per heavy atom. The first-order valence-electron chi connectivity index (χ1n) is 8.23. The highest BCUT2D eigenvalue weighted by Gasteiger charge is 2.51. The van der Waals surface area contributed by atoms with Gasteiger partial charge in [-0.15, -0.1) is 0 Å². The molecule has 0 aromatic heterocycles. The number of imide groups is 1. The van der Waals surface area contributed by atoms with Gasteiger partial charge in [0.05, 0.1) is 13.2 Å². The van der Waals surface area contributed by atoms with Crippen molar-refractivity contribution in [3.63, 3.8) is 0 Å². The Morgan fingerprint density at radius 3 is 2.48 bits per heavy atom. The van der Waals surface area contributed by atoms with Crippen molar-refractivity contribution in [2.45, 2.75) is 18.9 Å². The minimum Gasteiger partial charge on any atom is -0.378 e. The van der Waals surface area contributed by atoms with E-state index >= 15 is 0 Å². The number of ether oxygens (including phenoxy) is 1. The summed E-state index contributed by atoms with van der Waals surface area (Å²) in [5.74, 6) is -0.668. The number of hydrogen-bond donors (Lipinski definition) is 1. The van der Waals surface area contributed by atoms with Crippen molar-refractivity contribution in [3.05, 3.63) is 34.9 Å². The lowest BCUT2D eigenvalue weighted by atomic mass is 9.87. The Kier molecular flexibility index (Phi) is 4.96. The normalized spacial score (nSPS) is 23.8. The molecule has 134 valence electrons. The molecule has 1 aromatic carbocycles. The molecule has 7 nitrogen and oxygen atoms in total. The van der Waals surface area contributed by atoms with E-state index < -0.39 is 17.5 Å². The van der Waals surface area contributed by atoms with E-state index in [1.54, 1.807) is 29.2 Å². The van der Waals surface area contributed by atoms with Crippen molar-refractivity contribution >= 4 is 29.4 Å². The van der Waals surface area contributed by atoms with E-state index in [0.717, 1.165) is 4.90 Å². The van der Waals surface area contributed by atoms with Gasteiger partial charge in [0.1, 0.15) is 12.1 Å². The zero-order valence-corrected chi connectivity index (χ0v) is 14.7. The Labute approximate surface area is 150 Å².